The third-order valence-corrected chi connectivity index (χ3v) is 3.91. The van der Waals surface area contributed by atoms with E-state index in [0.29, 0.717) is 11.9 Å². The van der Waals surface area contributed by atoms with E-state index in [1.54, 1.807) is 0 Å². The molecule has 1 N–H and O–H groups in total. The molecule has 0 radical (unpaired) electrons. The summed E-state index contributed by atoms with van der Waals surface area (Å²) in [5, 5.41) is 3.35. The molecule has 1 aliphatic heterocycles. The Balaban J connectivity index is 2.70. The Morgan fingerprint density at radius 2 is 2.00 bits per heavy atom. The summed E-state index contributed by atoms with van der Waals surface area (Å²) in [7, 11) is 0. The number of nitrogens with one attached hydrogen (secondary N) is 1. The Morgan fingerprint density at radius 3 is 2.44 bits per heavy atom. The van der Waals surface area contributed by atoms with Crippen molar-refractivity contribution >= 4 is 5.91 Å². The molecule has 1 fully saturated rings. The molecule has 1 atom stereocenters. The molecule has 0 aromatic heterocycles. The molecule has 3 heteroatoms. The van der Waals surface area contributed by atoms with Crippen LogP contribution in [0.1, 0.15) is 53.9 Å². The third-order valence-electron chi connectivity index (χ3n) is 3.91. The monoisotopic (exact) mass is 226 g/mol. The molecule has 1 amide bonds. The molecule has 94 valence electrons. The van der Waals surface area contributed by atoms with Gasteiger partial charge in [0.2, 0.25) is 5.91 Å². The lowest BCUT2D eigenvalue weighted by Gasteiger charge is -2.38. The van der Waals surface area contributed by atoms with Crippen LogP contribution in [0.4, 0.5) is 0 Å². The van der Waals surface area contributed by atoms with Crippen molar-refractivity contribution in [2.75, 3.05) is 6.54 Å². The van der Waals surface area contributed by atoms with Gasteiger partial charge < -0.3 is 10.2 Å². The fourth-order valence-electron chi connectivity index (χ4n) is 2.40. The van der Waals surface area contributed by atoms with Gasteiger partial charge in [0.25, 0.3) is 0 Å². The molecular formula is C13H26N2O. The highest BCUT2D eigenvalue weighted by molar-refractivity contribution is 5.84. The molecule has 1 rings (SSSR count). The van der Waals surface area contributed by atoms with E-state index in [2.05, 4.69) is 44.8 Å². The van der Waals surface area contributed by atoms with Gasteiger partial charge >= 0.3 is 0 Å². The van der Waals surface area contributed by atoms with Crippen LogP contribution in [0, 0.1) is 0 Å². The first-order valence-corrected chi connectivity index (χ1v) is 6.52. The number of amides is 1. The van der Waals surface area contributed by atoms with E-state index in [1.165, 1.54) is 0 Å². The van der Waals surface area contributed by atoms with Gasteiger partial charge in [0.15, 0.2) is 0 Å². The van der Waals surface area contributed by atoms with Crippen LogP contribution in [0.15, 0.2) is 0 Å². The highest BCUT2D eigenvalue weighted by Gasteiger charge is 2.40. The van der Waals surface area contributed by atoms with Crippen molar-refractivity contribution in [2.45, 2.75) is 71.5 Å². The lowest BCUT2D eigenvalue weighted by atomic mass is 9.93. The van der Waals surface area contributed by atoms with Gasteiger partial charge in [-0.25, -0.2) is 0 Å². The van der Waals surface area contributed by atoms with Gasteiger partial charge in [-0.1, -0.05) is 27.7 Å². The van der Waals surface area contributed by atoms with Crippen molar-refractivity contribution in [3.8, 4) is 0 Å². The van der Waals surface area contributed by atoms with Crippen LogP contribution in [0.3, 0.4) is 0 Å². The van der Waals surface area contributed by atoms with E-state index in [1.807, 2.05) is 0 Å². The highest BCUT2D eigenvalue weighted by atomic mass is 16.2. The summed E-state index contributed by atoms with van der Waals surface area (Å²) >= 11 is 0. The van der Waals surface area contributed by atoms with E-state index < -0.39 is 0 Å². The van der Waals surface area contributed by atoms with Gasteiger partial charge in [0, 0.05) is 18.1 Å². The van der Waals surface area contributed by atoms with Gasteiger partial charge in [-0.15, -0.1) is 0 Å². The molecule has 0 aromatic carbocycles. The molecular weight excluding hydrogens is 200 g/mol. The van der Waals surface area contributed by atoms with E-state index in [0.717, 1.165) is 25.8 Å². The van der Waals surface area contributed by atoms with E-state index >= 15 is 0 Å². The summed E-state index contributed by atoms with van der Waals surface area (Å²) in [6.45, 7) is 11.6. The first-order chi connectivity index (χ1) is 7.44. The average molecular weight is 226 g/mol. The zero-order valence-electron chi connectivity index (χ0n) is 11.3. The Morgan fingerprint density at radius 1 is 1.44 bits per heavy atom. The van der Waals surface area contributed by atoms with Crippen LogP contribution in [0.2, 0.25) is 0 Å². The topological polar surface area (TPSA) is 32.3 Å². The quantitative estimate of drug-likeness (QED) is 0.779. The lowest BCUT2D eigenvalue weighted by Crippen LogP contribution is -2.50. The Bertz CT molecular complexity index is 246. The number of likely N-dealkylation sites (tertiary alicyclic amines) is 1. The number of nitrogens with zero attached hydrogens (tertiary/aromatic N) is 1. The largest absolute Gasteiger partial charge is 0.336 e. The molecule has 1 unspecified atom stereocenters. The summed E-state index contributed by atoms with van der Waals surface area (Å²) < 4.78 is 0. The number of carbonyl (C=O) groups is 1. The van der Waals surface area contributed by atoms with Crippen molar-refractivity contribution < 1.29 is 4.79 Å². The van der Waals surface area contributed by atoms with Crippen molar-refractivity contribution in [1.82, 2.24) is 10.2 Å². The number of hydrogen-bond acceptors (Lipinski definition) is 2. The second-order valence-electron chi connectivity index (χ2n) is 5.36. The smallest absolute Gasteiger partial charge is 0.240 e. The molecule has 0 aromatic rings. The molecule has 1 heterocycles. The SMILES string of the molecule is CCC(C)(CC)N1CCC(NC(C)C)C1=O. The minimum atomic E-state index is 0.0393. The lowest BCUT2D eigenvalue weighted by molar-refractivity contribution is -0.134. The van der Waals surface area contributed by atoms with Crippen LogP contribution < -0.4 is 5.32 Å². The molecule has 1 aliphatic rings. The van der Waals surface area contributed by atoms with E-state index in [4.69, 9.17) is 0 Å². The van der Waals surface area contributed by atoms with E-state index in [9.17, 15) is 4.79 Å². The van der Waals surface area contributed by atoms with Crippen LogP contribution in [-0.4, -0.2) is 35.0 Å². The summed E-state index contributed by atoms with van der Waals surface area (Å²) in [4.78, 5) is 14.3. The number of hydrogen-bond donors (Lipinski definition) is 1. The molecule has 0 aliphatic carbocycles. The summed E-state index contributed by atoms with van der Waals surface area (Å²) in [6, 6.07) is 0.417. The van der Waals surface area contributed by atoms with Crippen LogP contribution in [-0.2, 0) is 4.79 Å². The Kier molecular flexibility index (Phi) is 4.36. The van der Waals surface area contributed by atoms with Gasteiger partial charge in [-0.2, -0.15) is 0 Å². The van der Waals surface area contributed by atoms with Gasteiger partial charge in [-0.3, -0.25) is 4.79 Å². The van der Waals surface area contributed by atoms with Crippen LogP contribution in [0.5, 0.6) is 0 Å². The molecule has 0 bridgehead atoms. The first-order valence-electron chi connectivity index (χ1n) is 6.52. The normalized spacial score (nSPS) is 22.2. The van der Waals surface area contributed by atoms with Gasteiger partial charge in [0.05, 0.1) is 6.04 Å². The maximum absolute atomic E-state index is 12.3. The minimum Gasteiger partial charge on any atom is -0.336 e. The Labute approximate surface area is 99.6 Å². The second kappa shape index (κ2) is 5.17. The highest BCUT2D eigenvalue weighted by Crippen LogP contribution is 2.28. The third kappa shape index (κ3) is 2.57. The zero-order valence-corrected chi connectivity index (χ0v) is 11.3. The summed E-state index contributed by atoms with van der Waals surface area (Å²) in [6.07, 6.45) is 3.01. The molecule has 16 heavy (non-hydrogen) atoms. The van der Waals surface area contributed by atoms with Crippen molar-refractivity contribution in [3.63, 3.8) is 0 Å². The van der Waals surface area contributed by atoms with Crippen LogP contribution >= 0.6 is 0 Å². The molecule has 3 nitrogen and oxygen atoms in total. The van der Waals surface area contributed by atoms with Crippen molar-refractivity contribution in [1.29, 1.82) is 0 Å². The molecule has 0 saturated carbocycles. The Hall–Kier alpha value is -0.570. The predicted octanol–water partition coefficient (Wildman–Crippen LogP) is 2.16. The van der Waals surface area contributed by atoms with Gasteiger partial charge in [-0.05, 0) is 26.2 Å². The maximum Gasteiger partial charge on any atom is 0.240 e. The molecule has 1 saturated heterocycles. The fraction of sp³-hybridized carbons (Fsp3) is 0.923. The maximum atomic E-state index is 12.3. The summed E-state index contributed by atoms with van der Waals surface area (Å²) in [5.74, 6) is 0.292. The van der Waals surface area contributed by atoms with Crippen molar-refractivity contribution in [3.05, 3.63) is 0 Å². The standard InChI is InChI=1S/C13H26N2O/c1-6-13(5,7-2)15-9-8-11(12(15)16)14-10(3)4/h10-11,14H,6-9H2,1-5H3. The second-order valence-corrected chi connectivity index (χ2v) is 5.36. The van der Waals surface area contributed by atoms with Gasteiger partial charge in [0.1, 0.15) is 0 Å². The number of rotatable bonds is 5. The fourth-order valence-corrected chi connectivity index (χ4v) is 2.40. The zero-order chi connectivity index (χ0) is 12.3. The summed E-state index contributed by atoms with van der Waals surface area (Å²) in [5.41, 5.74) is 0.0461. The van der Waals surface area contributed by atoms with E-state index in [-0.39, 0.29) is 11.6 Å². The number of carbonyl (C=O) groups excluding carboxylic acids is 1. The van der Waals surface area contributed by atoms with Crippen molar-refractivity contribution in [2.24, 2.45) is 0 Å². The minimum absolute atomic E-state index is 0.0393. The molecule has 0 spiro atoms. The van der Waals surface area contributed by atoms with Crippen LogP contribution in [0.25, 0.3) is 0 Å². The average Bonchev–Trinajstić information content (AvgIpc) is 2.59. The predicted molar refractivity (Wildman–Crippen MR) is 67.4 cm³/mol. The first kappa shape index (κ1) is 13.5.